The van der Waals surface area contributed by atoms with Crippen molar-refractivity contribution in [3.63, 3.8) is 0 Å². The SMILES string of the molecule is Cc1sc2ncnc(SC(C)C(=O)NCC3CCCCC3)c2c1C. The van der Waals surface area contributed by atoms with Gasteiger partial charge in [-0.25, -0.2) is 9.97 Å². The molecule has 1 atom stereocenters. The van der Waals surface area contributed by atoms with Gasteiger partial charge in [-0.3, -0.25) is 4.79 Å². The number of thiophene rings is 1. The number of aromatic nitrogens is 2. The Morgan fingerprint density at radius 2 is 2.08 bits per heavy atom. The quantitative estimate of drug-likeness (QED) is 0.628. The standard InChI is InChI=1S/C18H25N3OS2/c1-11-12(2)23-17-15(11)18(21-10-20-17)24-13(3)16(22)19-9-14-7-5-4-6-8-14/h10,13-14H,4-9H2,1-3H3,(H,19,22). The Hall–Kier alpha value is -1.14. The van der Waals surface area contributed by atoms with Gasteiger partial charge in [-0.1, -0.05) is 31.0 Å². The topological polar surface area (TPSA) is 54.9 Å². The molecule has 2 aromatic rings. The lowest BCUT2D eigenvalue weighted by Crippen LogP contribution is -2.35. The minimum absolute atomic E-state index is 0.113. The Morgan fingerprint density at radius 1 is 1.33 bits per heavy atom. The van der Waals surface area contributed by atoms with E-state index >= 15 is 0 Å². The Morgan fingerprint density at radius 3 is 2.83 bits per heavy atom. The van der Waals surface area contributed by atoms with Crippen LogP contribution in [0, 0.1) is 19.8 Å². The fourth-order valence-corrected chi connectivity index (χ4v) is 5.30. The molecular weight excluding hydrogens is 338 g/mol. The molecule has 0 bridgehead atoms. The third-order valence-corrected chi connectivity index (χ3v) is 7.09. The lowest BCUT2D eigenvalue weighted by atomic mass is 9.89. The molecular formula is C18H25N3OS2. The number of hydrogen-bond donors (Lipinski definition) is 1. The molecule has 1 aliphatic rings. The monoisotopic (exact) mass is 363 g/mol. The molecule has 6 heteroatoms. The Kier molecular flexibility index (Phi) is 5.76. The van der Waals surface area contributed by atoms with E-state index in [4.69, 9.17) is 0 Å². The minimum atomic E-state index is -0.147. The highest BCUT2D eigenvalue weighted by atomic mass is 32.2. The maximum absolute atomic E-state index is 12.4. The molecule has 0 radical (unpaired) electrons. The summed E-state index contributed by atoms with van der Waals surface area (Å²) >= 11 is 3.23. The maximum Gasteiger partial charge on any atom is 0.233 e. The molecule has 24 heavy (non-hydrogen) atoms. The predicted octanol–water partition coefficient (Wildman–Crippen LogP) is 4.49. The third-order valence-electron chi connectivity index (χ3n) is 4.88. The number of carbonyl (C=O) groups is 1. The first-order valence-electron chi connectivity index (χ1n) is 8.71. The number of aryl methyl sites for hydroxylation is 2. The number of carbonyl (C=O) groups excluding carboxylic acids is 1. The second kappa shape index (κ2) is 7.83. The molecule has 1 amide bonds. The van der Waals surface area contributed by atoms with E-state index in [9.17, 15) is 4.79 Å². The molecule has 130 valence electrons. The summed E-state index contributed by atoms with van der Waals surface area (Å²) in [7, 11) is 0. The smallest absolute Gasteiger partial charge is 0.233 e. The third kappa shape index (κ3) is 3.91. The van der Waals surface area contributed by atoms with E-state index in [2.05, 4.69) is 29.1 Å². The van der Waals surface area contributed by atoms with E-state index in [1.807, 2.05) is 6.92 Å². The molecule has 4 nitrogen and oxygen atoms in total. The van der Waals surface area contributed by atoms with Crippen LogP contribution < -0.4 is 5.32 Å². The number of nitrogens with zero attached hydrogens (tertiary/aromatic N) is 2. The van der Waals surface area contributed by atoms with Gasteiger partial charge in [0.2, 0.25) is 5.91 Å². The van der Waals surface area contributed by atoms with Gasteiger partial charge >= 0.3 is 0 Å². The fourth-order valence-electron chi connectivity index (χ4n) is 3.24. The number of nitrogens with one attached hydrogen (secondary N) is 1. The zero-order valence-corrected chi connectivity index (χ0v) is 16.2. The molecule has 2 aromatic heterocycles. The number of hydrogen-bond acceptors (Lipinski definition) is 5. The van der Waals surface area contributed by atoms with Crippen LogP contribution in [0.25, 0.3) is 10.2 Å². The van der Waals surface area contributed by atoms with Gasteiger partial charge in [0, 0.05) is 16.8 Å². The summed E-state index contributed by atoms with van der Waals surface area (Å²) in [6.45, 7) is 6.99. The first kappa shape index (κ1) is 17.7. The van der Waals surface area contributed by atoms with Crippen molar-refractivity contribution < 1.29 is 4.79 Å². The van der Waals surface area contributed by atoms with E-state index in [0.29, 0.717) is 5.92 Å². The highest BCUT2D eigenvalue weighted by Crippen LogP contribution is 2.35. The number of rotatable bonds is 5. The molecule has 1 aliphatic carbocycles. The molecule has 1 unspecified atom stereocenters. The average Bonchev–Trinajstić information content (AvgIpc) is 2.89. The van der Waals surface area contributed by atoms with E-state index in [-0.39, 0.29) is 11.2 Å². The van der Waals surface area contributed by atoms with Crippen LogP contribution in [-0.4, -0.2) is 27.7 Å². The molecule has 1 N–H and O–H groups in total. The van der Waals surface area contributed by atoms with Crippen LogP contribution in [-0.2, 0) is 4.79 Å². The van der Waals surface area contributed by atoms with Gasteiger partial charge in [0.15, 0.2) is 0 Å². The van der Waals surface area contributed by atoms with Crippen molar-refractivity contribution in [3.05, 3.63) is 16.8 Å². The van der Waals surface area contributed by atoms with Gasteiger partial charge in [0.05, 0.1) is 5.25 Å². The van der Waals surface area contributed by atoms with Crippen molar-refractivity contribution in [2.24, 2.45) is 5.92 Å². The van der Waals surface area contributed by atoms with Crippen LogP contribution in [0.15, 0.2) is 11.4 Å². The molecule has 0 spiro atoms. The molecule has 3 rings (SSSR count). The van der Waals surface area contributed by atoms with Crippen molar-refractivity contribution >= 4 is 39.2 Å². The van der Waals surface area contributed by atoms with Gasteiger partial charge < -0.3 is 5.32 Å². The summed E-state index contributed by atoms with van der Waals surface area (Å²) in [6, 6.07) is 0. The molecule has 0 aliphatic heterocycles. The first-order valence-corrected chi connectivity index (χ1v) is 10.4. The molecule has 1 saturated carbocycles. The van der Waals surface area contributed by atoms with E-state index in [1.54, 1.807) is 17.7 Å². The highest BCUT2D eigenvalue weighted by Gasteiger charge is 2.21. The summed E-state index contributed by atoms with van der Waals surface area (Å²) in [5.41, 5.74) is 1.23. The zero-order valence-electron chi connectivity index (χ0n) is 14.6. The average molecular weight is 364 g/mol. The minimum Gasteiger partial charge on any atom is -0.355 e. The van der Waals surface area contributed by atoms with Crippen LogP contribution >= 0.6 is 23.1 Å². The molecule has 2 heterocycles. The summed E-state index contributed by atoms with van der Waals surface area (Å²) in [5.74, 6) is 0.773. The molecule has 1 fully saturated rings. The van der Waals surface area contributed by atoms with Crippen molar-refractivity contribution in [3.8, 4) is 0 Å². The summed E-state index contributed by atoms with van der Waals surface area (Å²) < 4.78 is 0. The largest absolute Gasteiger partial charge is 0.355 e. The normalized spacial score (nSPS) is 17.1. The Balaban J connectivity index is 1.63. The van der Waals surface area contributed by atoms with Crippen LogP contribution in [0.5, 0.6) is 0 Å². The summed E-state index contributed by atoms with van der Waals surface area (Å²) in [6.07, 6.45) is 8.07. The van der Waals surface area contributed by atoms with Crippen molar-refractivity contribution in [2.45, 2.75) is 63.2 Å². The molecule has 0 aromatic carbocycles. The highest BCUT2D eigenvalue weighted by molar-refractivity contribution is 8.00. The lowest BCUT2D eigenvalue weighted by Gasteiger charge is -2.22. The Bertz CT molecular complexity index is 722. The van der Waals surface area contributed by atoms with E-state index in [1.165, 1.54) is 54.3 Å². The van der Waals surface area contributed by atoms with Crippen molar-refractivity contribution in [2.75, 3.05) is 6.54 Å². The predicted molar refractivity (Wildman–Crippen MR) is 102 cm³/mol. The summed E-state index contributed by atoms with van der Waals surface area (Å²) in [5, 5.41) is 5.02. The van der Waals surface area contributed by atoms with Crippen LogP contribution in [0.3, 0.4) is 0 Å². The van der Waals surface area contributed by atoms with E-state index in [0.717, 1.165) is 21.8 Å². The lowest BCUT2D eigenvalue weighted by molar-refractivity contribution is -0.120. The zero-order chi connectivity index (χ0) is 17.1. The van der Waals surface area contributed by atoms with Gasteiger partial charge in [-0.05, 0) is 45.1 Å². The second-order valence-electron chi connectivity index (χ2n) is 6.65. The van der Waals surface area contributed by atoms with Gasteiger partial charge in [0.25, 0.3) is 0 Å². The number of amides is 1. The molecule has 0 saturated heterocycles. The van der Waals surface area contributed by atoms with Crippen molar-refractivity contribution in [1.29, 1.82) is 0 Å². The van der Waals surface area contributed by atoms with Crippen LogP contribution in [0.2, 0.25) is 0 Å². The van der Waals surface area contributed by atoms with Gasteiger partial charge in [-0.15, -0.1) is 11.3 Å². The fraction of sp³-hybridized carbons (Fsp3) is 0.611. The van der Waals surface area contributed by atoms with Crippen molar-refractivity contribution in [1.82, 2.24) is 15.3 Å². The maximum atomic E-state index is 12.4. The summed E-state index contributed by atoms with van der Waals surface area (Å²) in [4.78, 5) is 23.5. The Labute approximate surface area is 151 Å². The van der Waals surface area contributed by atoms with Crippen LogP contribution in [0.4, 0.5) is 0 Å². The first-order chi connectivity index (χ1) is 11.6. The number of thioether (sulfide) groups is 1. The second-order valence-corrected chi connectivity index (χ2v) is 9.18. The number of fused-ring (bicyclic) bond motifs is 1. The van der Waals surface area contributed by atoms with Gasteiger partial charge in [-0.2, -0.15) is 0 Å². The van der Waals surface area contributed by atoms with Gasteiger partial charge in [0.1, 0.15) is 16.2 Å². The van der Waals surface area contributed by atoms with E-state index < -0.39 is 0 Å². The van der Waals surface area contributed by atoms with Crippen LogP contribution in [0.1, 0.15) is 49.5 Å².